The lowest BCUT2D eigenvalue weighted by atomic mass is 10.0. The summed E-state index contributed by atoms with van der Waals surface area (Å²) in [6.07, 6.45) is 1.06. The molecule has 0 heterocycles. The standard InChI is InChI=1S/C18H21N3O/c1-12-6-3-4-9-15(12)16-11-17(16)21-18(19)20-13-7-5-8-14(10-13)22-2/h3-10,16-17H,11H2,1-2H3,(H3,19,20,21). The number of nitrogens with zero attached hydrogens (tertiary/aromatic N) is 1. The molecule has 0 bridgehead atoms. The normalized spacial score (nSPS) is 20.5. The summed E-state index contributed by atoms with van der Waals surface area (Å²) >= 11 is 0. The molecule has 4 heteroatoms. The van der Waals surface area contributed by atoms with Crippen molar-refractivity contribution >= 4 is 11.6 Å². The number of guanidine groups is 1. The van der Waals surface area contributed by atoms with Crippen LogP contribution in [-0.4, -0.2) is 19.1 Å². The molecule has 1 fully saturated rings. The van der Waals surface area contributed by atoms with Crippen molar-refractivity contribution in [3.05, 3.63) is 59.7 Å². The van der Waals surface area contributed by atoms with Gasteiger partial charge in [-0.05, 0) is 36.6 Å². The van der Waals surface area contributed by atoms with Crippen molar-refractivity contribution < 1.29 is 4.74 Å². The summed E-state index contributed by atoms with van der Waals surface area (Å²) < 4.78 is 5.20. The van der Waals surface area contributed by atoms with Crippen LogP contribution in [-0.2, 0) is 0 Å². The zero-order valence-electron chi connectivity index (χ0n) is 12.9. The Kier molecular flexibility index (Phi) is 4.00. The minimum atomic E-state index is 0.277. The molecule has 22 heavy (non-hydrogen) atoms. The molecular formula is C18H21N3O. The van der Waals surface area contributed by atoms with E-state index in [0.29, 0.717) is 11.9 Å². The van der Waals surface area contributed by atoms with Crippen LogP contribution in [0.3, 0.4) is 0 Å². The molecule has 2 atom stereocenters. The first-order valence-corrected chi connectivity index (χ1v) is 7.47. The lowest BCUT2D eigenvalue weighted by Crippen LogP contribution is -2.23. The highest BCUT2D eigenvalue weighted by molar-refractivity contribution is 5.92. The lowest BCUT2D eigenvalue weighted by molar-refractivity contribution is 0.415. The molecule has 0 radical (unpaired) electrons. The van der Waals surface area contributed by atoms with E-state index >= 15 is 0 Å². The van der Waals surface area contributed by atoms with Crippen molar-refractivity contribution in [2.45, 2.75) is 25.3 Å². The molecule has 0 saturated heterocycles. The van der Waals surface area contributed by atoms with E-state index in [1.165, 1.54) is 11.1 Å². The van der Waals surface area contributed by atoms with Gasteiger partial charge in [-0.1, -0.05) is 30.3 Å². The fourth-order valence-corrected chi connectivity index (χ4v) is 2.72. The van der Waals surface area contributed by atoms with E-state index in [1.807, 2.05) is 24.3 Å². The van der Waals surface area contributed by atoms with Crippen LogP contribution in [0.25, 0.3) is 0 Å². The minimum absolute atomic E-state index is 0.277. The minimum Gasteiger partial charge on any atom is -0.497 e. The zero-order valence-corrected chi connectivity index (χ0v) is 12.9. The molecule has 1 saturated carbocycles. The average Bonchev–Trinajstić information content (AvgIpc) is 3.26. The van der Waals surface area contributed by atoms with Gasteiger partial charge in [0.1, 0.15) is 5.75 Å². The predicted octanol–water partition coefficient (Wildman–Crippen LogP) is 3.29. The maximum absolute atomic E-state index is 6.01. The fraction of sp³-hybridized carbons (Fsp3) is 0.278. The number of aryl methyl sites for hydroxylation is 1. The topological polar surface area (TPSA) is 59.6 Å². The van der Waals surface area contributed by atoms with Crippen molar-refractivity contribution in [3.8, 4) is 5.75 Å². The highest BCUT2D eigenvalue weighted by Gasteiger charge is 2.39. The number of anilines is 1. The summed E-state index contributed by atoms with van der Waals surface area (Å²) in [5.74, 6) is 1.74. The van der Waals surface area contributed by atoms with Gasteiger partial charge in [0.25, 0.3) is 0 Å². The molecule has 0 aliphatic heterocycles. The lowest BCUT2D eigenvalue weighted by Gasteiger charge is -2.07. The van der Waals surface area contributed by atoms with E-state index in [-0.39, 0.29) is 6.04 Å². The summed E-state index contributed by atoms with van der Waals surface area (Å²) in [5, 5.41) is 3.12. The van der Waals surface area contributed by atoms with Gasteiger partial charge in [-0.15, -0.1) is 0 Å². The molecular weight excluding hydrogens is 274 g/mol. The highest BCUT2D eigenvalue weighted by Crippen LogP contribution is 2.44. The zero-order chi connectivity index (χ0) is 15.5. The number of hydrogen-bond donors (Lipinski definition) is 2. The Morgan fingerprint density at radius 1 is 1.23 bits per heavy atom. The second kappa shape index (κ2) is 6.10. The molecule has 1 aliphatic carbocycles. The van der Waals surface area contributed by atoms with Gasteiger partial charge in [0, 0.05) is 17.7 Å². The van der Waals surface area contributed by atoms with Crippen molar-refractivity contribution in [1.29, 1.82) is 0 Å². The summed E-state index contributed by atoms with van der Waals surface area (Å²) in [4.78, 5) is 4.58. The molecule has 114 valence electrons. The predicted molar refractivity (Wildman–Crippen MR) is 90.6 cm³/mol. The van der Waals surface area contributed by atoms with Crippen molar-refractivity contribution in [3.63, 3.8) is 0 Å². The van der Waals surface area contributed by atoms with Gasteiger partial charge >= 0.3 is 0 Å². The second-order valence-electron chi connectivity index (χ2n) is 5.64. The van der Waals surface area contributed by atoms with E-state index in [1.54, 1.807) is 7.11 Å². The maximum Gasteiger partial charge on any atom is 0.193 e. The first-order valence-electron chi connectivity index (χ1n) is 7.47. The number of nitrogens with one attached hydrogen (secondary N) is 1. The molecule has 2 unspecified atom stereocenters. The first kappa shape index (κ1) is 14.4. The second-order valence-corrected chi connectivity index (χ2v) is 5.64. The molecule has 3 rings (SSSR count). The van der Waals surface area contributed by atoms with Crippen LogP contribution in [0.1, 0.15) is 23.5 Å². The van der Waals surface area contributed by atoms with Gasteiger partial charge in [0.15, 0.2) is 5.96 Å². The van der Waals surface area contributed by atoms with Crippen LogP contribution >= 0.6 is 0 Å². The van der Waals surface area contributed by atoms with Crippen LogP contribution in [0, 0.1) is 6.92 Å². The van der Waals surface area contributed by atoms with Gasteiger partial charge in [0.05, 0.1) is 13.2 Å². The number of nitrogens with two attached hydrogens (primary N) is 1. The van der Waals surface area contributed by atoms with E-state index in [2.05, 4.69) is 41.5 Å². The average molecular weight is 295 g/mol. The SMILES string of the molecule is COc1cccc(NC(N)=NC2CC2c2ccccc2C)c1. The van der Waals surface area contributed by atoms with E-state index in [9.17, 15) is 0 Å². The van der Waals surface area contributed by atoms with E-state index in [0.717, 1.165) is 17.9 Å². The number of benzene rings is 2. The molecule has 2 aromatic carbocycles. The van der Waals surface area contributed by atoms with Gasteiger partial charge in [-0.3, -0.25) is 0 Å². The third-order valence-corrected chi connectivity index (χ3v) is 3.99. The van der Waals surface area contributed by atoms with E-state index in [4.69, 9.17) is 10.5 Å². The Bertz CT molecular complexity index is 696. The quantitative estimate of drug-likeness (QED) is 0.672. The Morgan fingerprint density at radius 3 is 2.82 bits per heavy atom. The van der Waals surface area contributed by atoms with Gasteiger partial charge in [-0.25, -0.2) is 4.99 Å². The van der Waals surface area contributed by atoms with Crippen molar-refractivity contribution in [2.75, 3.05) is 12.4 Å². The number of hydrogen-bond acceptors (Lipinski definition) is 2. The van der Waals surface area contributed by atoms with E-state index < -0.39 is 0 Å². The maximum atomic E-state index is 6.01. The van der Waals surface area contributed by atoms with Crippen LogP contribution in [0.5, 0.6) is 5.75 Å². The van der Waals surface area contributed by atoms with Crippen LogP contribution < -0.4 is 15.8 Å². The Balaban J connectivity index is 1.65. The number of rotatable bonds is 4. The fourth-order valence-electron chi connectivity index (χ4n) is 2.72. The Hall–Kier alpha value is -2.49. The van der Waals surface area contributed by atoms with Gasteiger partial charge < -0.3 is 15.8 Å². The molecule has 3 N–H and O–H groups in total. The summed E-state index contributed by atoms with van der Waals surface area (Å²) in [7, 11) is 1.65. The molecule has 1 aliphatic rings. The molecule has 0 amide bonds. The third-order valence-electron chi connectivity index (χ3n) is 3.99. The smallest absolute Gasteiger partial charge is 0.193 e. The number of ether oxygens (including phenoxy) is 1. The Morgan fingerprint density at radius 2 is 2.05 bits per heavy atom. The number of aliphatic imine (C=N–C) groups is 1. The van der Waals surface area contributed by atoms with Gasteiger partial charge in [-0.2, -0.15) is 0 Å². The molecule has 4 nitrogen and oxygen atoms in total. The van der Waals surface area contributed by atoms with Crippen LogP contribution in [0.4, 0.5) is 5.69 Å². The van der Waals surface area contributed by atoms with Crippen LogP contribution in [0.15, 0.2) is 53.5 Å². The Labute approximate surface area is 131 Å². The summed E-state index contributed by atoms with van der Waals surface area (Å²) in [5.41, 5.74) is 9.60. The monoisotopic (exact) mass is 295 g/mol. The largest absolute Gasteiger partial charge is 0.497 e. The van der Waals surface area contributed by atoms with Crippen molar-refractivity contribution in [1.82, 2.24) is 0 Å². The van der Waals surface area contributed by atoms with Gasteiger partial charge in [0.2, 0.25) is 0 Å². The summed E-state index contributed by atoms with van der Waals surface area (Å²) in [6.45, 7) is 2.15. The number of methoxy groups -OCH3 is 1. The van der Waals surface area contributed by atoms with Crippen molar-refractivity contribution in [2.24, 2.45) is 10.7 Å². The summed E-state index contributed by atoms with van der Waals surface area (Å²) in [6, 6.07) is 16.4. The molecule has 0 aromatic heterocycles. The molecule has 0 spiro atoms. The van der Waals surface area contributed by atoms with Crippen LogP contribution in [0.2, 0.25) is 0 Å². The first-order chi connectivity index (χ1) is 10.7. The third kappa shape index (κ3) is 3.22. The molecule has 2 aromatic rings. The highest BCUT2D eigenvalue weighted by atomic mass is 16.5.